The number of piperidine rings is 1. The maximum Gasteiger partial charge on any atom is 0.250 e. The number of rotatable bonds is 5. The van der Waals surface area contributed by atoms with Gasteiger partial charge in [-0.1, -0.05) is 22.8 Å². The van der Waals surface area contributed by atoms with E-state index >= 15 is 0 Å². The van der Waals surface area contributed by atoms with E-state index in [1.165, 1.54) is 5.56 Å². The van der Waals surface area contributed by atoms with E-state index in [9.17, 15) is 0 Å². The molecule has 0 atom stereocenters. The van der Waals surface area contributed by atoms with Crippen molar-refractivity contribution in [3.63, 3.8) is 0 Å². The predicted octanol–water partition coefficient (Wildman–Crippen LogP) is 0.864. The number of benzene rings is 1. The van der Waals surface area contributed by atoms with Crippen molar-refractivity contribution in [1.82, 2.24) is 25.1 Å². The van der Waals surface area contributed by atoms with Gasteiger partial charge in [-0.05, 0) is 49.4 Å². The van der Waals surface area contributed by atoms with E-state index in [0.29, 0.717) is 6.04 Å². The monoisotopic (exact) mass is 316 g/mol. The highest BCUT2D eigenvalue weighted by Crippen LogP contribution is 2.22. The van der Waals surface area contributed by atoms with Crippen LogP contribution in [0.5, 0.6) is 0 Å². The maximum atomic E-state index is 9.07. The van der Waals surface area contributed by atoms with Gasteiger partial charge in [0.15, 0.2) is 0 Å². The third kappa shape index (κ3) is 3.51. The van der Waals surface area contributed by atoms with Gasteiger partial charge in [-0.3, -0.25) is 0 Å². The Kier molecular flexibility index (Phi) is 4.88. The average molecular weight is 316 g/mol. The molecule has 0 bridgehead atoms. The van der Waals surface area contributed by atoms with E-state index in [1.807, 2.05) is 12.1 Å². The van der Waals surface area contributed by atoms with Crippen molar-refractivity contribution in [2.45, 2.75) is 25.8 Å². The molecule has 1 aliphatic rings. The first-order valence-corrected chi connectivity index (χ1v) is 8.10. The standard InChI is InChI=1S/C16H24N6O/c1-13-3-5-15(6-4-13)22-16(17-18-19-22)21-9-7-14(8-10-21)20(2)11-12-23/h3-6,14,23H,7-12H2,1-2H3. The van der Waals surface area contributed by atoms with Crippen molar-refractivity contribution >= 4 is 5.95 Å². The fourth-order valence-corrected chi connectivity index (χ4v) is 3.08. The lowest BCUT2D eigenvalue weighted by atomic mass is 10.0. The van der Waals surface area contributed by atoms with Crippen molar-refractivity contribution in [2.75, 3.05) is 38.2 Å². The highest BCUT2D eigenvalue weighted by molar-refractivity contribution is 5.42. The molecule has 1 N–H and O–H groups in total. The van der Waals surface area contributed by atoms with Crippen molar-refractivity contribution in [3.05, 3.63) is 29.8 Å². The molecule has 0 spiro atoms. The lowest BCUT2D eigenvalue weighted by Gasteiger charge is -2.36. The quantitative estimate of drug-likeness (QED) is 0.882. The molecule has 1 aliphatic heterocycles. The van der Waals surface area contributed by atoms with E-state index in [4.69, 9.17) is 5.11 Å². The highest BCUT2D eigenvalue weighted by Gasteiger charge is 2.25. The second-order valence-electron chi connectivity index (χ2n) is 6.15. The van der Waals surface area contributed by atoms with Crippen LogP contribution in [0.2, 0.25) is 0 Å². The summed E-state index contributed by atoms with van der Waals surface area (Å²) in [6.45, 7) is 4.85. The van der Waals surface area contributed by atoms with Gasteiger partial charge in [0.05, 0.1) is 12.3 Å². The van der Waals surface area contributed by atoms with Crippen LogP contribution in [0, 0.1) is 6.92 Å². The number of aryl methyl sites for hydroxylation is 1. The molecule has 7 heteroatoms. The third-order valence-electron chi connectivity index (χ3n) is 4.55. The first-order chi connectivity index (χ1) is 11.2. The molecule has 0 amide bonds. The second-order valence-corrected chi connectivity index (χ2v) is 6.15. The number of hydrogen-bond acceptors (Lipinski definition) is 6. The number of anilines is 1. The van der Waals surface area contributed by atoms with Gasteiger partial charge in [-0.2, -0.15) is 4.68 Å². The van der Waals surface area contributed by atoms with Gasteiger partial charge in [0.2, 0.25) is 5.95 Å². The van der Waals surface area contributed by atoms with Crippen LogP contribution in [-0.4, -0.2) is 69.5 Å². The Morgan fingerprint density at radius 2 is 1.91 bits per heavy atom. The molecule has 0 unspecified atom stereocenters. The lowest BCUT2D eigenvalue weighted by molar-refractivity contribution is 0.161. The van der Waals surface area contributed by atoms with Crippen LogP contribution in [0.4, 0.5) is 5.95 Å². The number of aromatic nitrogens is 4. The van der Waals surface area contributed by atoms with Crippen molar-refractivity contribution < 1.29 is 5.11 Å². The van der Waals surface area contributed by atoms with Gasteiger partial charge in [-0.25, -0.2) is 0 Å². The zero-order chi connectivity index (χ0) is 16.2. The Hall–Kier alpha value is -1.99. The molecular formula is C16H24N6O. The number of aliphatic hydroxyl groups is 1. The summed E-state index contributed by atoms with van der Waals surface area (Å²) >= 11 is 0. The predicted molar refractivity (Wildman–Crippen MR) is 88.8 cm³/mol. The van der Waals surface area contributed by atoms with E-state index in [2.05, 4.69) is 51.4 Å². The summed E-state index contributed by atoms with van der Waals surface area (Å²) in [5.74, 6) is 0.803. The Morgan fingerprint density at radius 1 is 1.22 bits per heavy atom. The number of tetrazole rings is 1. The molecule has 3 rings (SSSR count). The fourth-order valence-electron chi connectivity index (χ4n) is 3.08. The van der Waals surface area contributed by atoms with E-state index in [1.54, 1.807) is 4.68 Å². The first-order valence-electron chi connectivity index (χ1n) is 8.10. The van der Waals surface area contributed by atoms with Crippen molar-refractivity contribution in [1.29, 1.82) is 0 Å². The van der Waals surface area contributed by atoms with E-state index in [-0.39, 0.29) is 6.61 Å². The zero-order valence-electron chi connectivity index (χ0n) is 13.8. The number of likely N-dealkylation sites (N-methyl/N-ethyl adjacent to an activating group) is 1. The summed E-state index contributed by atoms with van der Waals surface area (Å²) in [4.78, 5) is 4.48. The Labute approximate surface area is 136 Å². The Morgan fingerprint density at radius 3 is 2.57 bits per heavy atom. The van der Waals surface area contributed by atoms with Crippen LogP contribution in [-0.2, 0) is 0 Å². The van der Waals surface area contributed by atoms with Crippen LogP contribution >= 0.6 is 0 Å². The van der Waals surface area contributed by atoms with E-state index in [0.717, 1.165) is 44.1 Å². The Balaban J connectivity index is 1.70. The zero-order valence-corrected chi connectivity index (χ0v) is 13.8. The van der Waals surface area contributed by atoms with Crippen LogP contribution in [0.15, 0.2) is 24.3 Å². The van der Waals surface area contributed by atoms with Gasteiger partial charge in [0, 0.05) is 25.7 Å². The van der Waals surface area contributed by atoms with Crippen LogP contribution < -0.4 is 4.90 Å². The topological polar surface area (TPSA) is 70.3 Å². The Bertz CT molecular complexity index is 618. The van der Waals surface area contributed by atoms with Crippen LogP contribution in [0.3, 0.4) is 0 Å². The molecule has 0 aliphatic carbocycles. The molecule has 124 valence electrons. The average Bonchev–Trinajstić information content (AvgIpc) is 3.05. The molecule has 1 saturated heterocycles. The number of hydrogen-bond donors (Lipinski definition) is 1. The minimum Gasteiger partial charge on any atom is -0.395 e. The van der Waals surface area contributed by atoms with Gasteiger partial charge in [-0.15, -0.1) is 0 Å². The smallest absolute Gasteiger partial charge is 0.250 e. The minimum atomic E-state index is 0.211. The van der Waals surface area contributed by atoms with Crippen LogP contribution in [0.1, 0.15) is 18.4 Å². The van der Waals surface area contributed by atoms with Gasteiger partial charge in [0.1, 0.15) is 0 Å². The maximum absolute atomic E-state index is 9.07. The summed E-state index contributed by atoms with van der Waals surface area (Å²) in [6, 6.07) is 8.73. The summed E-state index contributed by atoms with van der Waals surface area (Å²) in [7, 11) is 2.08. The molecule has 2 aromatic rings. The summed E-state index contributed by atoms with van der Waals surface area (Å²) in [5, 5.41) is 21.3. The summed E-state index contributed by atoms with van der Waals surface area (Å²) < 4.78 is 1.80. The highest BCUT2D eigenvalue weighted by atomic mass is 16.3. The molecule has 1 fully saturated rings. The van der Waals surface area contributed by atoms with Gasteiger partial charge < -0.3 is 14.9 Å². The van der Waals surface area contributed by atoms with Crippen LogP contribution in [0.25, 0.3) is 5.69 Å². The SMILES string of the molecule is Cc1ccc(-n2nnnc2N2CCC(N(C)CCO)CC2)cc1. The molecule has 2 heterocycles. The molecular weight excluding hydrogens is 292 g/mol. The third-order valence-corrected chi connectivity index (χ3v) is 4.55. The van der Waals surface area contributed by atoms with Gasteiger partial charge >= 0.3 is 0 Å². The lowest BCUT2D eigenvalue weighted by Crippen LogP contribution is -2.45. The molecule has 0 radical (unpaired) electrons. The van der Waals surface area contributed by atoms with Crippen molar-refractivity contribution in [3.8, 4) is 5.69 Å². The summed E-state index contributed by atoms with van der Waals surface area (Å²) in [6.07, 6.45) is 2.11. The van der Waals surface area contributed by atoms with Gasteiger partial charge in [0.25, 0.3) is 0 Å². The fraction of sp³-hybridized carbons (Fsp3) is 0.562. The molecule has 1 aromatic carbocycles. The van der Waals surface area contributed by atoms with E-state index < -0.39 is 0 Å². The van der Waals surface area contributed by atoms with Crippen molar-refractivity contribution in [2.24, 2.45) is 0 Å². The molecule has 7 nitrogen and oxygen atoms in total. The molecule has 0 saturated carbocycles. The second kappa shape index (κ2) is 7.06. The first kappa shape index (κ1) is 15.9. The number of aliphatic hydroxyl groups excluding tert-OH is 1. The molecule has 23 heavy (non-hydrogen) atoms. The normalized spacial score (nSPS) is 16.3. The minimum absolute atomic E-state index is 0.211. The summed E-state index contributed by atoms with van der Waals surface area (Å²) in [5.41, 5.74) is 2.20. The largest absolute Gasteiger partial charge is 0.395 e. The molecule has 1 aromatic heterocycles. The number of nitrogens with zero attached hydrogens (tertiary/aromatic N) is 6.